The van der Waals surface area contributed by atoms with Crippen molar-refractivity contribution in [1.29, 1.82) is 0 Å². The third kappa shape index (κ3) is 2.55. The number of amides is 1. The van der Waals surface area contributed by atoms with Crippen molar-refractivity contribution in [3.05, 3.63) is 34.2 Å². The molecule has 24 heavy (non-hydrogen) atoms. The van der Waals surface area contributed by atoms with Crippen molar-refractivity contribution in [1.82, 2.24) is 19.8 Å². The molecular weight excluding hydrogens is 304 g/mol. The maximum Gasteiger partial charge on any atom is 0.326 e. The molecule has 2 fully saturated rings. The molecule has 1 amide bonds. The summed E-state index contributed by atoms with van der Waals surface area (Å²) in [6, 6.07) is 6.09. The first-order valence-corrected chi connectivity index (χ1v) is 8.91. The summed E-state index contributed by atoms with van der Waals surface area (Å²) in [4.78, 5) is 30.0. The molecule has 2 aromatic rings. The molecular formula is C18H24N4O2. The van der Waals surface area contributed by atoms with Crippen LogP contribution in [0.25, 0.3) is 11.0 Å². The number of H-pyrrole nitrogens is 1. The maximum atomic E-state index is 12.8. The van der Waals surface area contributed by atoms with Gasteiger partial charge in [-0.05, 0) is 38.0 Å². The van der Waals surface area contributed by atoms with Crippen molar-refractivity contribution >= 4 is 16.9 Å². The minimum atomic E-state index is -0.0583. The van der Waals surface area contributed by atoms with E-state index in [1.54, 1.807) is 0 Å². The molecule has 1 aromatic heterocycles. The summed E-state index contributed by atoms with van der Waals surface area (Å²) in [5, 5.41) is 3.30. The van der Waals surface area contributed by atoms with Crippen molar-refractivity contribution in [2.24, 2.45) is 0 Å². The van der Waals surface area contributed by atoms with Gasteiger partial charge >= 0.3 is 5.69 Å². The average molecular weight is 328 g/mol. The van der Waals surface area contributed by atoms with E-state index in [2.05, 4.69) is 17.2 Å². The zero-order valence-electron chi connectivity index (χ0n) is 14.0. The van der Waals surface area contributed by atoms with E-state index in [1.165, 1.54) is 12.8 Å². The first kappa shape index (κ1) is 15.4. The lowest BCUT2D eigenvalue weighted by Gasteiger charge is -2.34. The molecule has 1 aromatic carbocycles. The van der Waals surface area contributed by atoms with Gasteiger partial charge in [0.2, 0.25) is 0 Å². The normalized spacial score (nSPS) is 22.4. The number of benzene rings is 1. The summed E-state index contributed by atoms with van der Waals surface area (Å²) in [5.41, 5.74) is 2.27. The lowest BCUT2D eigenvalue weighted by molar-refractivity contribution is 0.0656. The van der Waals surface area contributed by atoms with E-state index in [9.17, 15) is 9.59 Å². The summed E-state index contributed by atoms with van der Waals surface area (Å²) < 4.78 is 1.88. The molecule has 2 heterocycles. The Balaban J connectivity index is 1.69. The Morgan fingerprint density at radius 2 is 2.04 bits per heavy atom. The Morgan fingerprint density at radius 1 is 1.25 bits per heavy atom. The fourth-order valence-corrected chi connectivity index (χ4v) is 4.10. The van der Waals surface area contributed by atoms with Gasteiger partial charge in [0, 0.05) is 37.3 Å². The maximum absolute atomic E-state index is 12.8. The fraction of sp³-hybridized carbons (Fsp3) is 0.556. The van der Waals surface area contributed by atoms with Crippen LogP contribution in [0.2, 0.25) is 0 Å². The van der Waals surface area contributed by atoms with Crippen LogP contribution in [0.4, 0.5) is 0 Å². The van der Waals surface area contributed by atoms with Crippen molar-refractivity contribution in [3.8, 4) is 0 Å². The number of aromatic amines is 1. The number of aromatic nitrogens is 2. The summed E-state index contributed by atoms with van der Waals surface area (Å²) in [6.07, 6.45) is 4.49. The predicted octanol–water partition coefficient (Wildman–Crippen LogP) is 1.88. The number of hydrogen-bond donors (Lipinski definition) is 2. The number of nitrogens with one attached hydrogen (secondary N) is 2. The molecule has 0 radical (unpaired) electrons. The number of carbonyl (C=O) groups is 1. The van der Waals surface area contributed by atoms with Crippen molar-refractivity contribution in [3.63, 3.8) is 0 Å². The highest BCUT2D eigenvalue weighted by Gasteiger charge is 2.25. The Morgan fingerprint density at radius 3 is 2.79 bits per heavy atom. The summed E-state index contributed by atoms with van der Waals surface area (Å²) in [6.45, 7) is 4.43. The molecule has 1 saturated carbocycles. The van der Waals surface area contributed by atoms with E-state index in [0.717, 1.165) is 43.5 Å². The summed E-state index contributed by atoms with van der Waals surface area (Å²) >= 11 is 0. The van der Waals surface area contributed by atoms with Crippen LogP contribution in [-0.4, -0.2) is 46.0 Å². The lowest BCUT2D eigenvalue weighted by atomic mass is 10.1. The molecule has 0 spiro atoms. The van der Waals surface area contributed by atoms with E-state index in [-0.39, 0.29) is 17.6 Å². The number of rotatable bonds is 2. The van der Waals surface area contributed by atoms with E-state index >= 15 is 0 Å². The molecule has 0 bridgehead atoms. The second kappa shape index (κ2) is 6.09. The largest absolute Gasteiger partial charge is 0.333 e. The van der Waals surface area contributed by atoms with Crippen molar-refractivity contribution in [2.45, 2.75) is 44.7 Å². The van der Waals surface area contributed by atoms with E-state index < -0.39 is 0 Å². The average Bonchev–Trinajstić information content (AvgIpc) is 3.20. The molecule has 2 N–H and O–H groups in total. The highest BCUT2D eigenvalue weighted by atomic mass is 16.2. The smallest absolute Gasteiger partial charge is 0.326 e. The Hall–Kier alpha value is -2.08. The molecule has 1 saturated heterocycles. The second-order valence-corrected chi connectivity index (χ2v) is 7.02. The molecule has 128 valence electrons. The number of carbonyl (C=O) groups excluding carboxylic acids is 1. The van der Waals surface area contributed by atoms with E-state index in [0.29, 0.717) is 11.6 Å². The Labute approximate surface area is 140 Å². The molecule has 6 nitrogen and oxygen atoms in total. The molecule has 2 aliphatic rings. The van der Waals surface area contributed by atoms with Crippen LogP contribution in [0.3, 0.4) is 0 Å². The monoisotopic (exact) mass is 328 g/mol. The van der Waals surface area contributed by atoms with Crippen LogP contribution in [0.15, 0.2) is 23.0 Å². The number of fused-ring (bicyclic) bond motifs is 1. The van der Waals surface area contributed by atoms with E-state index in [4.69, 9.17) is 0 Å². The zero-order chi connectivity index (χ0) is 16.7. The van der Waals surface area contributed by atoms with Crippen LogP contribution in [-0.2, 0) is 0 Å². The molecule has 4 rings (SSSR count). The van der Waals surface area contributed by atoms with Gasteiger partial charge in [-0.25, -0.2) is 4.79 Å². The number of piperazine rings is 1. The van der Waals surface area contributed by atoms with Gasteiger partial charge in [-0.15, -0.1) is 0 Å². The van der Waals surface area contributed by atoms with Gasteiger partial charge in [-0.1, -0.05) is 12.8 Å². The topological polar surface area (TPSA) is 70.1 Å². The SMILES string of the molecule is CC1CNCCN1C(=O)c1ccc2c(c1)[nH]c(=O)n2C1CCCC1. The Kier molecular flexibility index (Phi) is 3.92. The van der Waals surface area contributed by atoms with Crippen LogP contribution >= 0.6 is 0 Å². The standard InChI is InChI=1S/C18H24N4O2/c1-12-11-19-8-9-21(12)17(23)13-6-7-16-15(10-13)20-18(24)22(16)14-4-2-3-5-14/h6-7,10,12,14,19H,2-5,8-9,11H2,1H3,(H,20,24). The molecule has 1 aliphatic carbocycles. The highest BCUT2D eigenvalue weighted by Crippen LogP contribution is 2.30. The second-order valence-electron chi connectivity index (χ2n) is 7.02. The summed E-state index contributed by atoms with van der Waals surface area (Å²) in [7, 11) is 0. The van der Waals surface area contributed by atoms with Gasteiger partial charge < -0.3 is 15.2 Å². The first-order chi connectivity index (χ1) is 11.6. The fourth-order valence-electron chi connectivity index (χ4n) is 4.10. The van der Waals surface area contributed by atoms with Gasteiger partial charge in [0.1, 0.15) is 0 Å². The zero-order valence-corrected chi connectivity index (χ0v) is 14.0. The van der Waals surface area contributed by atoms with Crippen molar-refractivity contribution < 1.29 is 4.79 Å². The molecule has 1 aliphatic heterocycles. The number of imidazole rings is 1. The highest BCUT2D eigenvalue weighted by molar-refractivity contribution is 5.97. The van der Waals surface area contributed by atoms with Crippen LogP contribution in [0.5, 0.6) is 0 Å². The minimum absolute atomic E-state index is 0.0420. The number of hydrogen-bond acceptors (Lipinski definition) is 3. The summed E-state index contributed by atoms with van der Waals surface area (Å²) in [5.74, 6) is 0.0420. The van der Waals surface area contributed by atoms with Gasteiger partial charge in [-0.2, -0.15) is 0 Å². The quantitative estimate of drug-likeness (QED) is 0.884. The van der Waals surface area contributed by atoms with Crippen molar-refractivity contribution in [2.75, 3.05) is 19.6 Å². The van der Waals surface area contributed by atoms with E-state index in [1.807, 2.05) is 27.7 Å². The van der Waals surface area contributed by atoms with Gasteiger partial charge in [0.05, 0.1) is 11.0 Å². The van der Waals surface area contributed by atoms with Gasteiger partial charge in [-0.3, -0.25) is 9.36 Å². The third-order valence-corrected chi connectivity index (χ3v) is 5.42. The third-order valence-electron chi connectivity index (χ3n) is 5.42. The molecule has 1 atom stereocenters. The number of nitrogens with zero attached hydrogens (tertiary/aromatic N) is 2. The molecule has 1 unspecified atom stereocenters. The lowest BCUT2D eigenvalue weighted by Crippen LogP contribution is -2.52. The minimum Gasteiger partial charge on any atom is -0.333 e. The van der Waals surface area contributed by atoms with Crippen LogP contribution < -0.4 is 11.0 Å². The van der Waals surface area contributed by atoms with Crippen LogP contribution in [0.1, 0.15) is 49.0 Å². The van der Waals surface area contributed by atoms with Gasteiger partial charge in [0.15, 0.2) is 0 Å². The predicted molar refractivity (Wildman–Crippen MR) is 93.4 cm³/mol. The van der Waals surface area contributed by atoms with Crippen LogP contribution in [0, 0.1) is 0 Å². The Bertz CT molecular complexity index is 816. The first-order valence-electron chi connectivity index (χ1n) is 8.91. The van der Waals surface area contributed by atoms with Gasteiger partial charge in [0.25, 0.3) is 5.91 Å². The molecule has 6 heteroatoms.